The molecule has 1 N–H and O–H groups in total. The first-order chi connectivity index (χ1) is 4.77. The fourth-order valence-electron chi connectivity index (χ4n) is 1.68. The monoisotopic (exact) mass is 140 g/mol. The summed E-state index contributed by atoms with van der Waals surface area (Å²) in [5, 5.41) is 9.49. The maximum atomic E-state index is 9.49. The van der Waals surface area contributed by atoms with Crippen LogP contribution in [0.1, 0.15) is 13.3 Å². The molecule has 0 aliphatic carbocycles. The minimum atomic E-state index is -0.282. The molecule has 2 nitrogen and oxygen atoms in total. The first-order valence-corrected chi connectivity index (χ1v) is 3.79. The average Bonchev–Trinajstić information content (AvgIpc) is 2.29. The smallest absolute Gasteiger partial charge is 0.103 e. The van der Waals surface area contributed by atoms with E-state index in [1.807, 2.05) is 6.08 Å². The number of hydrogen-bond acceptors (Lipinski definition) is 2. The highest BCUT2D eigenvalue weighted by Gasteiger charge is 2.36. The molecule has 2 aliphatic heterocycles. The second-order valence-electron chi connectivity index (χ2n) is 3.23. The predicted octanol–water partition coefficient (Wildman–Crippen LogP) is 0.711. The SMILES string of the molecule is C[C@@H]1C[C@@H]2C=C[C@@H](O2)[C@H]1O. The number of aliphatic hydroxyl groups excluding tert-OH is 1. The molecule has 0 aromatic carbocycles. The van der Waals surface area contributed by atoms with Crippen molar-refractivity contribution in [2.45, 2.75) is 31.7 Å². The van der Waals surface area contributed by atoms with Gasteiger partial charge in [0, 0.05) is 0 Å². The normalized spacial score (nSPS) is 51.8. The van der Waals surface area contributed by atoms with Crippen LogP contribution in [-0.2, 0) is 4.74 Å². The van der Waals surface area contributed by atoms with Gasteiger partial charge in [0.25, 0.3) is 0 Å². The van der Waals surface area contributed by atoms with Gasteiger partial charge in [0.05, 0.1) is 12.2 Å². The van der Waals surface area contributed by atoms with E-state index < -0.39 is 0 Å². The van der Waals surface area contributed by atoms with Gasteiger partial charge in [-0.1, -0.05) is 19.1 Å². The van der Waals surface area contributed by atoms with E-state index in [4.69, 9.17) is 4.74 Å². The van der Waals surface area contributed by atoms with E-state index in [1.165, 1.54) is 0 Å². The standard InChI is InChI=1S/C8H12O2/c1-5-4-6-2-3-7(10-6)8(5)9/h2-3,5-9H,4H2,1H3/t5-,6+,7-,8+/m1/s1. The van der Waals surface area contributed by atoms with Crippen LogP contribution in [-0.4, -0.2) is 23.4 Å². The minimum absolute atomic E-state index is 0.0197. The largest absolute Gasteiger partial charge is 0.390 e. The lowest BCUT2D eigenvalue weighted by Crippen LogP contribution is -2.38. The van der Waals surface area contributed by atoms with E-state index in [0.717, 1.165) is 6.42 Å². The van der Waals surface area contributed by atoms with Gasteiger partial charge in [-0.15, -0.1) is 0 Å². The zero-order valence-electron chi connectivity index (χ0n) is 6.03. The van der Waals surface area contributed by atoms with Crippen LogP contribution in [0.5, 0.6) is 0 Å². The lowest BCUT2D eigenvalue weighted by Gasteiger charge is -2.31. The Morgan fingerprint density at radius 1 is 1.50 bits per heavy atom. The summed E-state index contributed by atoms with van der Waals surface area (Å²) >= 11 is 0. The molecule has 0 aromatic heterocycles. The van der Waals surface area contributed by atoms with Crippen LogP contribution >= 0.6 is 0 Å². The molecular formula is C8H12O2. The fraction of sp³-hybridized carbons (Fsp3) is 0.750. The molecule has 0 saturated carbocycles. The zero-order valence-corrected chi connectivity index (χ0v) is 6.03. The molecule has 10 heavy (non-hydrogen) atoms. The summed E-state index contributed by atoms with van der Waals surface area (Å²) in [6.07, 6.45) is 4.97. The molecule has 0 spiro atoms. The van der Waals surface area contributed by atoms with Crippen molar-refractivity contribution >= 4 is 0 Å². The zero-order chi connectivity index (χ0) is 7.14. The van der Waals surface area contributed by atoms with E-state index in [1.54, 1.807) is 0 Å². The summed E-state index contributed by atoms with van der Waals surface area (Å²) in [4.78, 5) is 0. The molecule has 4 atom stereocenters. The Hall–Kier alpha value is -0.340. The molecule has 2 bridgehead atoms. The molecule has 0 radical (unpaired) electrons. The van der Waals surface area contributed by atoms with Crippen molar-refractivity contribution in [3.8, 4) is 0 Å². The topological polar surface area (TPSA) is 29.5 Å². The van der Waals surface area contributed by atoms with Gasteiger partial charge in [-0.05, 0) is 12.3 Å². The molecule has 2 heteroatoms. The lowest BCUT2D eigenvalue weighted by atomic mass is 9.94. The fourth-order valence-corrected chi connectivity index (χ4v) is 1.68. The van der Waals surface area contributed by atoms with Crippen molar-refractivity contribution in [3.05, 3.63) is 12.2 Å². The first-order valence-electron chi connectivity index (χ1n) is 3.79. The Labute approximate surface area is 60.5 Å². The van der Waals surface area contributed by atoms with Crippen molar-refractivity contribution < 1.29 is 9.84 Å². The number of hydrogen-bond donors (Lipinski definition) is 1. The number of aliphatic hydroxyl groups is 1. The second-order valence-corrected chi connectivity index (χ2v) is 3.23. The molecule has 0 unspecified atom stereocenters. The van der Waals surface area contributed by atoms with Gasteiger partial charge in [-0.25, -0.2) is 0 Å². The summed E-state index contributed by atoms with van der Waals surface area (Å²) in [5.41, 5.74) is 0. The summed E-state index contributed by atoms with van der Waals surface area (Å²) in [5.74, 6) is 0.388. The Kier molecular flexibility index (Phi) is 1.32. The number of rotatable bonds is 0. The summed E-state index contributed by atoms with van der Waals surface area (Å²) in [6, 6.07) is 0. The first kappa shape index (κ1) is 6.38. The van der Waals surface area contributed by atoms with Gasteiger partial charge in [0.2, 0.25) is 0 Å². The van der Waals surface area contributed by atoms with E-state index in [9.17, 15) is 5.11 Å². The number of ether oxygens (including phenoxy) is 1. The lowest BCUT2D eigenvalue weighted by molar-refractivity contribution is -0.0909. The predicted molar refractivity (Wildman–Crippen MR) is 37.6 cm³/mol. The van der Waals surface area contributed by atoms with E-state index in [-0.39, 0.29) is 18.3 Å². The minimum Gasteiger partial charge on any atom is -0.390 e. The highest BCUT2D eigenvalue weighted by atomic mass is 16.5. The molecule has 1 saturated heterocycles. The van der Waals surface area contributed by atoms with Crippen molar-refractivity contribution in [2.24, 2.45) is 5.92 Å². The van der Waals surface area contributed by atoms with Gasteiger partial charge in [0.15, 0.2) is 0 Å². The Morgan fingerprint density at radius 2 is 2.30 bits per heavy atom. The summed E-state index contributed by atoms with van der Waals surface area (Å²) < 4.78 is 5.42. The third kappa shape index (κ3) is 0.796. The van der Waals surface area contributed by atoms with Crippen molar-refractivity contribution in [1.82, 2.24) is 0 Å². The third-order valence-electron chi connectivity index (χ3n) is 2.37. The Balaban J connectivity index is 2.16. The van der Waals surface area contributed by atoms with E-state index >= 15 is 0 Å². The van der Waals surface area contributed by atoms with Crippen LogP contribution < -0.4 is 0 Å². The average molecular weight is 140 g/mol. The third-order valence-corrected chi connectivity index (χ3v) is 2.37. The summed E-state index contributed by atoms with van der Waals surface area (Å²) in [6.45, 7) is 2.07. The molecule has 1 fully saturated rings. The van der Waals surface area contributed by atoms with Crippen LogP contribution in [0.4, 0.5) is 0 Å². The van der Waals surface area contributed by atoms with Gasteiger partial charge in [-0.3, -0.25) is 0 Å². The maximum absolute atomic E-state index is 9.49. The highest BCUT2D eigenvalue weighted by Crippen LogP contribution is 2.30. The maximum Gasteiger partial charge on any atom is 0.103 e. The van der Waals surface area contributed by atoms with Crippen LogP contribution in [0.2, 0.25) is 0 Å². The van der Waals surface area contributed by atoms with Gasteiger partial charge in [-0.2, -0.15) is 0 Å². The van der Waals surface area contributed by atoms with Crippen LogP contribution in [0, 0.1) is 5.92 Å². The summed E-state index contributed by atoms with van der Waals surface area (Å²) in [7, 11) is 0. The van der Waals surface area contributed by atoms with E-state index in [0.29, 0.717) is 5.92 Å². The molecule has 0 aromatic rings. The van der Waals surface area contributed by atoms with Gasteiger partial charge >= 0.3 is 0 Å². The molecule has 2 rings (SSSR count). The molecule has 0 amide bonds. The highest BCUT2D eigenvalue weighted by molar-refractivity contribution is 5.09. The second kappa shape index (κ2) is 2.07. The Bertz CT molecular complexity index is 165. The quantitative estimate of drug-likeness (QED) is 0.502. The van der Waals surface area contributed by atoms with Gasteiger partial charge in [0.1, 0.15) is 6.10 Å². The van der Waals surface area contributed by atoms with Crippen LogP contribution in [0.15, 0.2) is 12.2 Å². The molecule has 2 heterocycles. The van der Waals surface area contributed by atoms with Gasteiger partial charge < -0.3 is 9.84 Å². The van der Waals surface area contributed by atoms with Crippen molar-refractivity contribution in [1.29, 1.82) is 0 Å². The number of fused-ring (bicyclic) bond motifs is 2. The van der Waals surface area contributed by atoms with Crippen molar-refractivity contribution in [3.63, 3.8) is 0 Å². The van der Waals surface area contributed by atoms with Crippen LogP contribution in [0.25, 0.3) is 0 Å². The molecule has 56 valence electrons. The Morgan fingerprint density at radius 3 is 3.10 bits per heavy atom. The van der Waals surface area contributed by atoms with Crippen LogP contribution in [0.3, 0.4) is 0 Å². The molecular weight excluding hydrogens is 128 g/mol. The molecule has 2 aliphatic rings. The van der Waals surface area contributed by atoms with Crippen molar-refractivity contribution in [2.75, 3.05) is 0 Å². The van der Waals surface area contributed by atoms with E-state index in [2.05, 4.69) is 13.0 Å².